The minimum atomic E-state index is -2.94. The number of likely N-dealkylation sites (tertiary alicyclic amines) is 1. The molecule has 0 aliphatic carbocycles. The average Bonchev–Trinajstić information content (AvgIpc) is 3.21. The van der Waals surface area contributed by atoms with Crippen LogP contribution in [-0.2, 0) is 22.9 Å². The normalized spacial score (nSPS) is 18.1. The molecule has 1 saturated heterocycles. The third-order valence-corrected chi connectivity index (χ3v) is 8.32. The number of anilines is 1. The van der Waals surface area contributed by atoms with Crippen LogP contribution >= 0.6 is 0 Å². The number of aromatic nitrogens is 2. The fourth-order valence-electron chi connectivity index (χ4n) is 4.68. The molecule has 0 bridgehead atoms. The van der Waals surface area contributed by atoms with Gasteiger partial charge < -0.3 is 10.3 Å². The number of fused-ring (bicyclic) bond motifs is 3. The predicted molar refractivity (Wildman–Crippen MR) is 125 cm³/mol. The van der Waals surface area contributed by atoms with E-state index in [4.69, 9.17) is 0 Å². The number of urea groups is 1. The Morgan fingerprint density at radius 3 is 2.56 bits per heavy atom. The number of carbonyl (C=O) groups is 1. The zero-order chi connectivity index (χ0) is 22.5. The van der Waals surface area contributed by atoms with Gasteiger partial charge in [0.15, 0.2) is 0 Å². The van der Waals surface area contributed by atoms with Gasteiger partial charge in [-0.3, -0.25) is 9.80 Å². The lowest BCUT2D eigenvalue weighted by Crippen LogP contribution is -2.41. The van der Waals surface area contributed by atoms with Crippen molar-refractivity contribution in [3.8, 4) is 11.3 Å². The number of piperidine rings is 1. The van der Waals surface area contributed by atoms with Gasteiger partial charge in [-0.15, -0.1) is 0 Å². The maximum Gasteiger partial charge on any atom is 0.321 e. The number of benzene rings is 1. The summed E-state index contributed by atoms with van der Waals surface area (Å²) in [5.41, 5.74) is 5.98. The van der Waals surface area contributed by atoms with Crippen LogP contribution in [0.15, 0.2) is 36.5 Å². The van der Waals surface area contributed by atoms with Crippen molar-refractivity contribution in [2.24, 2.45) is 0 Å². The number of pyridine rings is 1. The third kappa shape index (κ3) is 3.86. The van der Waals surface area contributed by atoms with Gasteiger partial charge in [0.2, 0.25) is 0 Å². The number of nitrogens with one attached hydrogen (secondary N) is 2. The molecule has 4 heterocycles. The lowest BCUT2D eigenvalue weighted by Gasteiger charge is -2.31. The van der Waals surface area contributed by atoms with Gasteiger partial charge in [0, 0.05) is 43.0 Å². The molecule has 168 valence electrons. The lowest BCUT2D eigenvalue weighted by atomic mass is 10.1. The van der Waals surface area contributed by atoms with Gasteiger partial charge in [0.25, 0.3) is 0 Å². The summed E-state index contributed by atoms with van der Waals surface area (Å²) in [7, 11) is -1.19. The van der Waals surface area contributed by atoms with Crippen molar-refractivity contribution in [3.05, 3.63) is 47.7 Å². The molecular formula is C23H27N5O3S. The van der Waals surface area contributed by atoms with Crippen LogP contribution in [0, 0.1) is 0 Å². The van der Waals surface area contributed by atoms with Gasteiger partial charge in [0.1, 0.15) is 15.5 Å². The van der Waals surface area contributed by atoms with E-state index in [1.54, 1.807) is 18.1 Å². The summed E-state index contributed by atoms with van der Waals surface area (Å²) < 4.78 is 23.5. The highest BCUT2D eigenvalue weighted by Crippen LogP contribution is 2.32. The van der Waals surface area contributed by atoms with Crippen molar-refractivity contribution in [1.82, 2.24) is 20.2 Å². The first kappa shape index (κ1) is 21.0. The van der Waals surface area contributed by atoms with Crippen LogP contribution in [0.3, 0.4) is 0 Å². The van der Waals surface area contributed by atoms with E-state index in [1.165, 1.54) is 11.8 Å². The number of carbonyl (C=O) groups excluding carboxylic acids is 1. The van der Waals surface area contributed by atoms with Crippen molar-refractivity contribution in [3.63, 3.8) is 0 Å². The summed E-state index contributed by atoms with van der Waals surface area (Å²) in [5.74, 6) is 0. The topological polar surface area (TPSA) is 98.4 Å². The van der Waals surface area contributed by atoms with E-state index < -0.39 is 9.84 Å². The van der Waals surface area contributed by atoms with Gasteiger partial charge >= 0.3 is 6.03 Å². The molecule has 1 fully saturated rings. The molecule has 5 rings (SSSR count). The van der Waals surface area contributed by atoms with Crippen molar-refractivity contribution in [2.75, 3.05) is 31.3 Å². The highest BCUT2D eigenvalue weighted by molar-refractivity contribution is 7.91. The molecule has 0 unspecified atom stereocenters. The van der Waals surface area contributed by atoms with Gasteiger partial charge in [-0.05, 0) is 43.1 Å². The molecule has 8 nitrogen and oxygen atoms in total. The molecule has 0 spiro atoms. The number of sulfone groups is 1. The zero-order valence-electron chi connectivity index (χ0n) is 18.3. The number of rotatable bonds is 4. The first-order chi connectivity index (χ1) is 15.3. The summed E-state index contributed by atoms with van der Waals surface area (Å²) in [6, 6.07) is 10.4. The highest BCUT2D eigenvalue weighted by Gasteiger charge is 2.26. The third-order valence-electron chi connectivity index (χ3n) is 6.64. The van der Waals surface area contributed by atoms with E-state index in [0.29, 0.717) is 19.4 Å². The lowest BCUT2D eigenvalue weighted by molar-refractivity contribution is 0.222. The maximum absolute atomic E-state index is 11.9. The molecule has 2 aliphatic heterocycles. The minimum Gasteiger partial charge on any atom is -0.339 e. The Bertz CT molecular complexity index is 1270. The first-order valence-electron chi connectivity index (χ1n) is 10.8. The zero-order valence-corrected chi connectivity index (χ0v) is 19.1. The van der Waals surface area contributed by atoms with Crippen LogP contribution < -0.4 is 10.2 Å². The molecular weight excluding hydrogens is 426 g/mol. The molecule has 2 aromatic heterocycles. The number of hydrogen-bond donors (Lipinski definition) is 2. The monoisotopic (exact) mass is 453 g/mol. The number of hydrogen-bond acceptors (Lipinski definition) is 5. The quantitative estimate of drug-likeness (QED) is 0.633. The van der Waals surface area contributed by atoms with Crippen LogP contribution in [0.25, 0.3) is 22.3 Å². The molecule has 0 radical (unpaired) electrons. The number of H-pyrrole nitrogens is 1. The van der Waals surface area contributed by atoms with Crippen LogP contribution in [0.1, 0.15) is 24.0 Å². The van der Waals surface area contributed by atoms with E-state index in [0.717, 1.165) is 53.2 Å². The molecule has 3 aromatic rings. The molecule has 0 atom stereocenters. The van der Waals surface area contributed by atoms with Crippen LogP contribution in [0.4, 0.5) is 10.5 Å². The van der Waals surface area contributed by atoms with Gasteiger partial charge in [0.05, 0.1) is 17.1 Å². The number of amides is 2. The van der Waals surface area contributed by atoms with Crippen molar-refractivity contribution < 1.29 is 13.2 Å². The van der Waals surface area contributed by atoms with Gasteiger partial charge in [-0.2, -0.15) is 0 Å². The Kier molecular flexibility index (Phi) is 5.17. The molecule has 2 N–H and O–H groups in total. The van der Waals surface area contributed by atoms with Crippen LogP contribution in [-0.4, -0.2) is 61.0 Å². The molecule has 9 heteroatoms. The number of aromatic amines is 1. The second kappa shape index (κ2) is 7.90. The van der Waals surface area contributed by atoms with Crippen molar-refractivity contribution in [1.29, 1.82) is 0 Å². The Hall–Kier alpha value is -2.91. The van der Waals surface area contributed by atoms with E-state index in [1.807, 2.05) is 0 Å². The Labute approximate surface area is 187 Å². The summed E-state index contributed by atoms with van der Waals surface area (Å²) >= 11 is 0. The standard InChI is InChI=1S/C23H27N5O3S/c1-27-21-13-24-22-18(19(21)12-25-23(27)29)11-20(26-22)16-5-3-15(4-6-16)14-28-9-7-17(8-10-28)32(2,30)31/h3-6,11,13,17H,7-10,12,14H2,1-2H3,(H,24,26)(H,25,29). The molecule has 2 amide bonds. The first-order valence-corrected chi connectivity index (χ1v) is 12.8. The van der Waals surface area contributed by atoms with Crippen LogP contribution in [0.5, 0.6) is 0 Å². The molecule has 1 aromatic carbocycles. The van der Waals surface area contributed by atoms with E-state index in [9.17, 15) is 13.2 Å². The largest absolute Gasteiger partial charge is 0.339 e. The van der Waals surface area contributed by atoms with Gasteiger partial charge in [-0.25, -0.2) is 18.2 Å². The minimum absolute atomic E-state index is 0.120. The van der Waals surface area contributed by atoms with E-state index in [-0.39, 0.29) is 11.3 Å². The van der Waals surface area contributed by atoms with Crippen LogP contribution in [0.2, 0.25) is 0 Å². The van der Waals surface area contributed by atoms with E-state index >= 15 is 0 Å². The summed E-state index contributed by atoms with van der Waals surface area (Å²) in [4.78, 5) is 23.7. The van der Waals surface area contributed by atoms with E-state index in [2.05, 4.69) is 50.5 Å². The average molecular weight is 454 g/mol. The summed E-state index contributed by atoms with van der Waals surface area (Å²) in [6.45, 7) is 2.93. The van der Waals surface area contributed by atoms with Gasteiger partial charge in [-0.1, -0.05) is 24.3 Å². The fourth-order valence-corrected chi connectivity index (χ4v) is 5.75. The molecule has 32 heavy (non-hydrogen) atoms. The summed E-state index contributed by atoms with van der Waals surface area (Å²) in [6.07, 6.45) is 4.50. The predicted octanol–water partition coefficient (Wildman–Crippen LogP) is 2.90. The molecule has 2 aliphatic rings. The SMILES string of the molecule is CN1C(=O)NCc2c1cnc1[nH]c(-c3ccc(CN4CCC(S(C)(=O)=O)CC4)cc3)cc21. The number of nitrogens with zero attached hydrogens (tertiary/aromatic N) is 3. The van der Waals surface area contributed by atoms with Crippen molar-refractivity contribution >= 4 is 32.6 Å². The smallest absolute Gasteiger partial charge is 0.321 e. The second-order valence-corrected chi connectivity index (χ2v) is 11.1. The Morgan fingerprint density at radius 1 is 1.16 bits per heavy atom. The molecule has 0 saturated carbocycles. The Morgan fingerprint density at radius 2 is 1.88 bits per heavy atom. The fraction of sp³-hybridized carbons (Fsp3) is 0.391. The van der Waals surface area contributed by atoms with Crippen molar-refractivity contribution in [2.45, 2.75) is 31.2 Å². The summed E-state index contributed by atoms with van der Waals surface area (Å²) in [5, 5.41) is 3.71. The Balaban J connectivity index is 1.32. The maximum atomic E-state index is 11.9. The highest BCUT2D eigenvalue weighted by atomic mass is 32.2. The second-order valence-electron chi connectivity index (χ2n) is 8.79.